The highest BCUT2D eigenvalue weighted by Crippen LogP contribution is 2.22. The number of nitrogens with one attached hydrogen (secondary N) is 2. The Morgan fingerprint density at radius 3 is 2.37 bits per heavy atom. The Labute approximate surface area is 181 Å². The average molecular weight is 483 g/mol. The maximum atomic E-state index is 4.82. The van der Waals surface area contributed by atoms with Crippen LogP contribution in [-0.4, -0.2) is 35.4 Å². The molecule has 0 atom stereocenters. The molecule has 0 saturated heterocycles. The molecule has 5 nitrogen and oxygen atoms in total. The van der Waals surface area contributed by atoms with Gasteiger partial charge in [0.05, 0.1) is 12.2 Å². The second-order valence-corrected chi connectivity index (χ2v) is 7.39. The Hall–Kier alpha value is -1.57. The Balaban J connectivity index is 0.00000364. The second kappa shape index (κ2) is 10.7. The van der Waals surface area contributed by atoms with Crippen molar-refractivity contribution in [3.05, 3.63) is 52.8 Å². The maximum Gasteiger partial charge on any atom is 0.191 e. The Kier molecular flexibility index (Phi) is 9.29. The molecule has 0 amide bonds. The van der Waals surface area contributed by atoms with Gasteiger partial charge in [-0.2, -0.15) is 5.10 Å². The predicted molar refractivity (Wildman–Crippen MR) is 125 cm³/mol. The van der Waals surface area contributed by atoms with Crippen LogP contribution in [0.5, 0.6) is 0 Å². The highest BCUT2D eigenvalue weighted by Gasteiger charge is 2.20. The van der Waals surface area contributed by atoms with E-state index in [0.29, 0.717) is 0 Å². The lowest BCUT2D eigenvalue weighted by atomic mass is 9.85. The second-order valence-electron chi connectivity index (χ2n) is 7.39. The lowest BCUT2D eigenvalue weighted by molar-refractivity contribution is 0.537. The highest BCUT2D eigenvalue weighted by atomic mass is 127. The van der Waals surface area contributed by atoms with Gasteiger partial charge in [-0.15, -0.1) is 24.0 Å². The third-order valence-electron chi connectivity index (χ3n) is 4.86. The molecule has 0 aliphatic carbocycles. The molecular weight excluding hydrogens is 449 g/mol. The molecule has 0 bridgehead atoms. The number of rotatable bonds is 7. The molecular formula is C21H34IN5. The van der Waals surface area contributed by atoms with Crippen LogP contribution in [0.15, 0.2) is 35.3 Å². The molecule has 0 unspecified atom stereocenters. The van der Waals surface area contributed by atoms with Crippen LogP contribution in [0.4, 0.5) is 0 Å². The normalized spacial score (nSPS) is 11.9. The number of hydrogen-bond acceptors (Lipinski definition) is 2. The summed E-state index contributed by atoms with van der Waals surface area (Å²) in [4.78, 5) is 4.82. The van der Waals surface area contributed by atoms with Crippen LogP contribution in [0.2, 0.25) is 0 Å². The molecule has 0 radical (unpaired) electrons. The molecule has 2 N–H and O–H groups in total. The van der Waals surface area contributed by atoms with Crippen LogP contribution in [-0.2, 0) is 18.9 Å². The van der Waals surface area contributed by atoms with Crippen LogP contribution in [0.3, 0.4) is 0 Å². The first kappa shape index (κ1) is 23.5. The number of aliphatic imine (C=N–C) groups is 1. The van der Waals surface area contributed by atoms with Gasteiger partial charge in [0, 0.05) is 31.2 Å². The van der Waals surface area contributed by atoms with Crippen molar-refractivity contribution in [1.82, 2.24) is 20.4 Å². The van der Waals surface area contributed by atoms with Gasteiger partial charge in [0.1, 0.15) is 0 Å². The van der Waals surface area contributed by atoms with E-state index >= 15 is 0 Å². The van der Waals surface area contributed by atoms with Crippen molar-refractivity contribution >= 4 is 29.9 Å². The van der Waals surface area contributed by atoms with Crippen LogP contribution in [0, 0.1) is 13.8 Å². The van der Waals surface area contributed by atoms with Gasteiger partial charge in [-0.1, -0.05) is 44.2 Å². The molecule has 0 aliphatic rings. The third kappa shape index (κ3) is 6.52. The number of hydrogen-bond donors (Lipinski definition) is 2. The van der Waals surface area contributed by atoms with Gasteiger partial charge in [-0.05, 0) is 38.3 Å². The van der Waals surface area contributed by atoms with E-state index in [1.54, 1.807) is 0 Å². The number of benzene rings is 1. The van der Waals surface area contributed by atoms with Gasteiger partial charge in [0.25, 0.3) is 0 Å². The maximum absolute atomic E-state index is 4.82. The molecule has 0 saturated carbocycles. The summed E-state index contributed by atoms with van der Waals surface area (Å²) in [6.45, 7) is 13.2. The zero-order valence-corrected chi connectivity index (χ0v) is 19.8. The fourth-order valence-corrected chi connectivity index (χ4v) is 3.08. The van der Waals surface area contributed by atoms with Gasteiger partial charge in [0.2, 0.25) is 0 Å². The summed E-state index contributed by atoms with van der Waals surface area (Å²) in [5, 5.41) is 11.3. The van der Waals surface area contributed by atoms with Crippen LogP contribution >= 0.6 is 24.0 Å². The predicted octanol–water partition coefficient (Wildman–Crippen LogP) is 3.73. The van der Waals surface area contributed by atoms with Crippen LogP contribution in [0.1, 0.15) is 43.3 Å². The minimum atomic E-state index is 0. The SMILES string of the molecule is CCNC(=NCC(C)(C)c1ccccc1)NCCc1c(C)nn(C)c1C.I. The highest BCUT2D eigenvalue weighted by molar-refractivity contribution is 14.0. The Morgan fingerprint density at radius 1 is 1.15 bits per heavy atom. The molecule has 2 aromatic rings. The minimum Gasteiger partial charge on any atom is -0.357 e. The van der Waals surface area contributed by atoms with E-state index in [-0.39, 0.29) is 29.4 Å². The van der Waals surface area contributed by atoms with Gasteiger partial charge in [-0.25, -0.2) is 0 Å². The van der Waals surface area contributed by atoms with Gasteiger partial charge < -0.3 is 10.6 Å². The van der Waals surface area contributed by atoms with Gasteiger partial charge in [-0.3, -0.25) is 9.67 Å². The van der Waals surface area contributed by atoms with Crippen molar-refractivity contribution in [2.45, 2.75) is 46.5 Å². The quantitative estimate of drug-likeness (QED) is 0.359. The summed E-state index contributed by atoms with van der Waals surface area (Å²) in [7, 11) is 2.00. The minimum absolute atomic E-state index is 0. The molecule has 0 spiro atoms. The van der Waals surface area contributed by atoms with Gasteiger partial charge in [0.15, 0.2) is 5.96 Å². The fourth-order valence-electron chi connectivity index (χ4n) is 3.08. The van der Waals surface area contributed by atoms with E-state index in [4.69, 9.17) is 4.99 Å². The lowest BCUT2D eigenvalue weighted by Crippen LogP contribution is -2.39. The van der Waals surface area contributed by atoms with E-state index in [1.165, 1.54) is 16.8 Å². The molecule has 0 aliphatic heterocycles. The standard InChI is InChI=1S/C21H33N5.HI/c1-7-22-20(23-14-13-19-16(2)25-26(6)17(19)3)24-15-21(4,5)18-11-9-8-10-12-18;/h8-12H,7,13-15H2,1-6H3,(H2,22,23,24);1H. The van der Waals surface area contributed by atoms with Crippen molar-refractivity contribution in [3.8, 4) is 0 Å². The zero-order valence-electron chi connectivity index (χ0n) is 17.5. The topological polar surface area (TPSA) is 54.2 Å². The summed E-state index contributed by atoms with van der Waals surface area (Å²) in [6, 6.07) is 10.6. The van der Waals surface area contributed by atoms with Gasteiger partial charge >= 0.3 is 0 Å². The number of guanidine groups is 1. The Morgan fingerprint density at radius 2 is 1.81 bits per heavy atom. The van der Waals surface area contributed by atoms with E-state index in [1.807, 2.05) is 11.7 Å². The van der Waals surface area contributed by atoms with Crippen molar-refractivity contribution < 1.29 is 0 Å². The van der Waals surface area contributed by atoms with E-state index in [0.717, 1.165) is 37.7 Å². The summed E-state index contributed by atoms with van der Waals surface area (Å²) in [5.74, 6) is 0.871. The zero-order chi connectivity index (χ0) is 19.2. The Bertz CT molecular complexity index is 735. The summed E-state index contributed by atoms with van der Waals surface area (Å²) in [5.41, 5.74) is 4.97. The number of nitrogens with zero attached hydrogens (tertiary/aromatic N) is 3. The largest absolute Gasteiger partial charge is 0.357 e. The van der Waals surface area contributed by atoms with Crippen molar-refractivity contribution in [2.75, 3.05) is 19.6 Å². The number of aromatic nitrogens is 2. The average Bonchev–Trinajstić information content (AvgIpc) is 2.86. The molecule has 1 aromatic carbocycles. The summed E-state index contributed by atoms with van der Waals surface area (Å²) >= 11 is 0. The first-order valence-corrected chi connectivity index (χ1v) is 9.42. The van der Waals surface area contributed by atoms with Crippen molar-refractivity contribution in [1.29, 1.82) is 0 Å². The van der Waals surface area contributed by atoms with Crippen LogP contribution in [0.25, 0.3) is 0 Å². The number of aryl methyl sites for hydroxylation is 2. The molecule has 0 fully saturated rings. The summed E-state index contributed by atoms with van der Waals surface area (Å²) < 4.78 is 1.95. The fraction of sp³-hybridized carbons (Fsp3) is 0.524. The van der Waals surface area contributed by atoms with E-state index in [9.17, 15) is 0 Å². The van der Waals surface area contributed by atoms with Crippen LogP contribution < -0.4 is 10.6 Å². The summed E-state index contributed by atoms with van der Waals surface area (Å²) in [6.07, 6.45) is 0.942. The van der Waals surface area contributed by atoms with Crippen molar-refractivity contribution in [2.24, 2.45) is 12.0 Å². The molecule has 27 heavy (non-hydrogen) atoms. The third-order valence-corrected chi connectivity index (χ3v) is 4.86. The monoisotopic (exact) mass is 483 g/mol. The lowest BCUT2D eigenvalue weighted by Gasteiger charge is -2.24. The first-order valence-electron chi connectivity index (χ1n) is 9.42. The number of halogens is 1. The molecule has 2 rings (SSSR count). The van der Waals surface area contributed by atoms with E-state index < -0.39 is 0 Å². The van der Waals surface area contributed by atoms with E-state index in [2.05, 4.69) is 80.7 Å². The first-order chi connectivity index (χ1) is 12.3. The molecule has 6 heteroatoms. The van der Waals surface area contributed by atoms with Crippen molar-refractivity contribution in [3.63, 3.8) is 0 Å². The molecule has 150 valence electrons. The smallest absolute Gasteiger partial charge is 0.191 e. The molecule has 1 heterocycles. The molecule has 1 aromatic heterocycles.